The number of carbonyl (C=O) groups excluding carboxylic acids is 2. The smallest absolute Gasteiger partial charge is 0.309 e. The van der Waals surface area contributed by atoms with E-state index in [-0.39, 0.29) is 28.5 Å². The summed E-state index contributed by atoms with van der Waals surface area (Å²) in [5.41, 5.74) is 0.321. The van der Waals surface area contributed by atoms with Crippen LogP contribution in [0.15, 0.2) is 12.1 Å². The van der Waals surface area contributed by atoms with Crippen LogP contribution in [0.25, 0.3) is 0 Å². The molecule has 2 atom stereocenters. The monoisotopic (exact) mass is 335 g/mol. The van der Waals surface area contributed by atoms with Gasteiger partial charge in [-0.1, -0.05) is 41.7 Å². The second-order valence-corrected chi connectivity index (χ2v) is 5.94. The van der Waals surface area contributed by atoms with E-state index < -0.39 is 5.91 Å². The van der Waals surface area contributed by atoms with Crippen molar-refractivity contribution in [2.45, 2.75) is 13.3 Å². The van der Waals surface area contributed by atoms with Gasteiger partial charge >= 0.3 is 5.97 Å². The van der Waals surface area contributed by atoms with E-state index in [1.54, 1.807) is 0 Å². The van der Waals surface area contributed by atoms with Gasteiger partial charge < -0.3 is 10.1 Å². The Hall–Kier alpha value is -0.970. The molecule has 1 saturated carbocycles. The van der Waals surface area contributed by atoms with Gasteiger partial charge in [-0.05, 0) is 24.5 Å². The molecule has 0 spiro atoms. The first-order valence-corrected chi connectivity index (χ1v) is 7.13. The highest BCUT2D eigenvalue weighted by molar-refractivity contribution is 6.44. The Bertz CT molecular complexity index is 562. The standard InChI is InChI=1S/C13H12Cl3NO3/c1-6-2-7(6)13(19)20-5-12(18)17-11-4-9(15)8(14)3-10(11)16/h3-4,6-7H,2,5H2,1H3,(H,17,18)/t6-,7-/m0/s1. The number of anilines is 1. The van der Waals surface area contributed by atoms with Crippen LogP contribution in [-0.2, 0) is 14.3 Å². The van der Waals surface area contributed by atoms with Crippen molar-refractivity contribution < 1.29 is 14.3 Å². The molecule has 4 nitrogen and oxygen atoms in total. The van der Waals surface area contributed by atoms with Crippen LogP contribution in [0.4, 0.5) is 5.69 Å². The van der Waals surface area contributed by atoms with E-state index in [9.17, 15) is 9.59 Å². The molecule has 0 heterocycles. The maximum atomic E-state index is 11.7. The highest BCUT2D eigenvalue weighted by Crippen LogP contribution is 2.38. The molecule has 0 saturated heterocycles. The summed E-state index contributed by atoms with van der Waals surface area (Å²) in [6.07, 6.45) is 0.819. The van der Waals surface area contributed by atoms with E-state index in [1.165, 1.54) is 12.1 Å². The molecule has 108 valence electrons. The average molecular weight is 337 g/mol. The lowest BCUT2D eigenvalue weighted by Gasteiger charge is -2.09. The van der Waals surface area contributed by atoms with Crippen molar-refractivity contribution in [2.75, 3.05) is 11.9 Å². The Morgan fingerprint density at radius 1 is 1.25 bits per heavy atom. The Balaban J connectivity index is 1.88. The number of amides is 1. The van der Waals surface area contributed by atoms with Crippen LogP contribution >= 0.6 is 34.8 Å². The van der Waals surface area contributed by atoms with Crippen molar-refractivity contribution in [3.8, 4) is 0 Å². The van der Waals surface area contributed by atoms with Crippen LogP contribution in [0.5, 0.6) is 0 Å². The van der Waals surface area contributed by atoms with Crippen LogP contribution < -0.4 is 5.32 Å². The van der Waals surface area contributed by atoms with Gasteiger partial charge in [0.25, 0.3) is 5.91 Å². The van der Waals surface area contributed by atoms with Gasteiger partial charge in [0.1, 0.15) is 0 Å². The fraction of sp³-hybridized carbons (Fsp3) is 0.385. The largest absolute Gasteiger partial charge is 0.455 e. The number of carbonyl (C=O) groups is 2. The lowest BCUT2D eigenvalue weighted by Crippen LogP contribution is -2.21. The molecule has 0 unspecified atom stereocenters. The van der Waals surface area contributed by atoms with Gasteiger partial charge in [0.2, 0.25) is 0 Å². The van der Waals surface area contributed by atoms with E-state index in [0.29, 0.717) is 16.6 Å². The predicted octanol–water partition coefficient (Wildman–Crippen LogP) is 3.78. The normalized spacial score (nSPS) is 20.4. The van der Waals surface area contributed by atoms with Gasteiger partial charge in [0, 0.05) is 0 Å². The van der Waals surface area contributed by atoms with Crippen LogP contribution in [0.1, 0.15) is 13.3 Å². The van der Waals surface area contributed by atoms with Gasteiger partial charge in [-0.25, -0.2) is 0 Å². The number of halogens is 3. The lowest BCUT2D eigenvalue weighted by molar-refractivity contribution is -0.148. The summed E-state index contributed by atoms with van der Waals surface area (Å²) in [7, 11) is 0. The topological polar surface area (TPSA) is 55.4 Å². The maximum Gasteiger partial charge on any atom is 0.309 e. The molecular weight excluding hydrogens is 325 g/mol. The molecule has 1 aliphatic carbocycles. The second-order valence-electron chi connectivity index (χ2n) is 4.72. The summed E-state index contributed by atoms with van der Waals surface area (Å²) in [4.78, 5) is 23.1. The van der Waals surface area contributed by atoms with Crippen LogP contribution in [-0.4, -0.2) is 18.5 Å². The van der Waals surface area contributed by atoms with E-state index >= 15 is 0 Å². The summed E-state index contributed by atoms with van der Waals surface area (Å²) in [5.74, 6) is -0.550. The molecule has 0 radical (unpaired) electrons. The fourth-order valence-electron chi connectivity index (χ4n) is 1.70. The van der Waals surface area contributed by atoms with Crippen molar-refractivity contribution in [2.24, 2.45) is 11.8 Å². The van der Waals surface area contributed by atoms with Gasteiger partial charge in [0.15, 0.2) is 6.61 Å². The molecule has 0 aromatic heterocycles. The number of esters is 1. The number of hydrogen-bond donors (Lipinski definition) is 1. The third-order valence-corrected chi connectivity index (χ3v) is 4.08. The van der Waals surface area contributed by atoms with Gasteiger partial charge in [-0.3, -0.25) is 9.59 Å². The second kappa shape index (κ2) is 6.20. The summed E-state index contributed by atoms with van der Waals surface area (Å²) in [6.45, 7) is 1.61. The van der Waals surface area contributed by atoms with E-state index in [2.05, 4.69) is 5.32 Å². The van der Waals surface area contributed by atoms with Crippen molar-refractivity contribution in [3.63, 3.8) is 0 Å². The van der Waals surface area contributed by atoms with Gasteiger partial charge in [-0.2, -0.15) is 0 Å². The molecule has 1 N–H and O–H groups in total. The highest BCUT2D eigenvalue weighted by atomic mass is 35.5. The maximum absolute atomic E-state index is 11.7. The van der Waals surface area contributed by atoms with Gasteiger partial charge in [0.05, 0.1) is 26.7 Å². The van der Waals surface area contributed by atoms with E-state index in [4.69, 9.17) is 39.5 Å². The Morgan fingerprint density at radius 3 is 2.45 bits per heavy atom. The number of ether oxygens (including phenoxy) is 1. The highest BCUT2D eigenvalue weighted by Gasteiger charge is 2.40. The number of hydrogen-bond acceptors (Lipinski definition) is 3. The van der Waals surface area contributed by atoms with E-state index in [0.717, 1.165) is 6.42 Å². The van der Waals surface area contributed by atoms with Crippen molar-refractivity contribution >= 4 is 52.4 Å². The molecule has 2 rings (SSSR count). The molecule has 1 aliphatic rings. The summed E-state index contributed by atoms with van der Waals surface area (Å²) >= 11 is 17.5. The molecule has 1 fully saturated rings. The minimum absolute atomic E-state index is 0.0728. The molecule has 0 aliphatic heterocycles. The van der Waals surface area contributed by atoms with Crippen LogP contribution in [0, 0.1) is 11.8 Å². The SMILES string of the molecule is C[C@H]1C[C@@H]1C(=O)OCC(=O)Nc1cc(Cl)c(Cl)cc1Cl. The quantitative estimate of drug-likeness (QED) is 0.672. The van der Waals surface area contributed by atoms with Gasteiger partial charge in [-0.15, -0.1) is 0 Å². The first-order chi connectivity index (χ1) is 9.38. The summed E-state index contributed by atoms with van der Waals surface area (Å²) in [6, 6.07) is 2.87. The predicted molar refractivity (Wildman–Crippen MR) is 78.3 cm³/mol. The molecule has 0 bridgehead atoms. The average Bonchev–Trinajstić information content (AvgIpc) is 3.10. The molecule has 1 aromatic carbocycles. The van der Waals surface area contributed by atoms with Crippen molar-refractivity contribution in [3.05, 3.63) is 27.2 Å². The summed E-state index contributed by atoms with van der Waals surface area (Å²) < 4.78 is 4.91. The Kier molecular flexibility index (Phi) is 4.78. The minimum atomic E-state index is -0.480. The fourth-order valence-corrected chi connectivity index (χ4v) is 2.29. The Morgan fingerprint density at radius 2 is 1.85 bits per heavy atom. The zero-order chi connectivity index (χ0) is 14.9. The minimum Gasteiger partial charge on any atom is -0.455 e. The number of benzene rings is 1. The molecule has 1 amide bonds. The third kappa shape index (κ3) is 3.78. The molecule has 7 heteroatoms. The lowest BCUT2D eigenvalue weighted by atomic mass is 10.3. The summed E-state index contributed by atoms with van der Waals surface area (Å²) in [5, 5.41) is 3.34. The molecular formula is C13H12Cl3NO3. The first-order valence-electron chi connectivity index (χ1n) is 5.99. The van der Waals surface area contributed by atoms with Crippen LogP contribution in [0.3, 0.4) is 0 Å². The number of nitrogens with one attached hydrogen (secondary N) is 1. The van der Waals surface area contributed by atoms with Crippen molar-refractivity contribution in [1.82, 2.24) is 0 Å². The zero-order valence-electron chi connectivity index (χ0n) is 10.6. The molecule has 20 heavy (non-hydrogen) atoms. The van der Waals surface area contributed by atoms with Crippen LogP contribution in [0.2, 0.25) is 15.1 Å². The molecule has 1 aromatic rings. The first kappa shape index (κ1) is 15.4. The number of rotatable bonds is 4. The third-order valence-electron chi connectivity index (χ3n) is 3.04. The van der Waals surface area contributed by atoms with Crippen molar-refractivity contribution in [1.29, 1.82) is 0 Å². The zero-order valence-corrected chi connectivity index (χ0v) is 12.9. The Labute approximate surface area is 131 Å². The van der Waals surface area contributed by atoms with E-state index in [1.807, 2.05) is 6.92 Å².